The van der Waals surface area contributed by atoms with Gasteiger partial charge in [0.15, 0.2) is 0 Å². The van der Waals surface area contributed by atoms with E-state index in [1.165, 1.54) is 5.56 Å². The van der Waals surface area contributed by atoms with Gasteiger partial charge in [0.05, 0.1) is 6.04 Å². The molecule has 0 bridgehead atoms. The molecule has 0 aliphatic carbocycles. The van der Waals surface area contributed by atoms with Crippen LogP contribution in [0.3, 0.4) is 0 Å². The van der Waals surface area contributed by atoms with Crippen LogP contribution in [0.5, 0.6) is 0 Å². The molecule has 1 aliphatic rings. The fourth-order valence-corrected chi connectivity index (χ4v) is 3.24. The van der Waals surface area contributed by atoms with Crippen LogP contribution in [0, 0.1) is 0 Å². The molecule has 4 nitrogen and oxygen atoms in total. The summed E-state index contributed by atoms with van der Waals surface area (Å²) in [6, 6.07) is 19.8. The molecule has 0 aromatic heterocycles. The van der Waals surface area contributed by atoms with Crippen molar-refractivity contribution in [2.45, 2.75) is 12.5 Å². The number of rotatable bonds is 6. The number of hydrogen-bond acceptors (Lipinski definition) is 3. The van der Waals surface area contributed by atoms with Crippen molar-refractivity contribution in [3.05, 3.63) is 77.9 Å². The highest BCUT2D eigenvalue weighted by Crippen LogP contribution is 2.08. The number of benzene rings is 2. The molecule has 1 atom stereocenters. The number of hydrogen-bond donors (Lipinski definition) is 1. The van der Waals surface area contributed by atoms with Gasteiger partial charge >= 0.3 is 0 Å². The molecule has 26 heavy (non-hydrogen) atoms. The first-order valence-electron chi connectivity index (χ1n) is 9.24. The van der Waals surface area contributed by atoms with Crippen LogP contribution in [0.15, 0.2) is 66.7 Å². The number of carbonyl (C=O) groups is 1. The summed E-state index contributed by atoms with van der Waals surface area (Å²) in [5.74, 6) is 0.0633. The summed E-state index contributed by atoms with van der Waals surface area (Å²) in [6.45, 7) is 4.19. The lowest BCUT2D eigenvalue weighted by Crippen LogP contribution is -2.53. The Morgan fingerprint density at radius 1 is 0.962 bits per heavy atom. The largest absolute Gasteiger partial charge is 0.339 e. The molecule has 1 heterocycles. The molecule has 1 aliphatic heterocycles. The minimum absolute atomic E-state index is 0.0633. The summed E-state index contributed by atoms with van der Waals surface area (Å²) in [4.78, 5) is 16.9. The summed E-state index contributed by atoms with van der Waals surface area (Å²) < 4.78 is 0. The molecule has 4 heteroatoms. The lowest BCUT2D eigenvalue weighted by atomic mass is 10.1. The monoisotopic (exact) mass is 349 g/mol. The van der Waals surface area contributed by atoms with E-state index in [1.54, 1.807) is 0 Å². The van der Waals surface area contributed by atoms with Crippen molar-refractivity contribution in [3.8, 4) is 0 Å². The van der Waals surface area contributed by atoms with Gasteiger partial charge < -0.3 is 10.6 Å². The van der Waals surface area contributed by atoms with Crippen LogP contribution >= 0.6 is 0 Å². The molecule has 3 rings (SSSR count). The molecular weight excluding hydrogens is 322 g/mol. The molecule has 1 saturated heterocycles. The molecule has 0 saturated carbocycles. The zero-order valence-electron chi connectivity index (χ0n) is 15.1. The molecule has 0 spiro atoms. The summed E-state index contributed by atoms with van der Waals surface area (Å²) in [6.07, 6.45) is 4.93. The fraction of sp³-hybridized carbons (Fsp3) is 0.318. The minimum Gasteiger partial charge on any atom is -0.339 e. The highest BCUT2D eigenvalue weighted by molar-refractivity contribution is 5.82. The Hall–Kier alpha value is -2.43. The van der Waals surface area contributed by atoms with Crippen molar-refractivity contribution in [2.24, 2.45) is 5.73 Å². The zero-order valence-corrected chi connectivity index (χ0v) is 15.1. The van der Waals surface area contributed by atoms with E-state index in [0.29, 0.717) is 6.42 Å². The Kier molecular flexibility index (Phi) is 6.58. The van der Waals surface area contributed by atoms with Gasteiger partial charge in [-0.15, -0.1) is 0 Å². The summed E-state index contributed by atoms with van der Waals surface area (Å²) >= 11 is 0. The average molecular weight is 349 g/mol. The van der Waals surface area contributed by atoms with E-state index in [2.05, 4.69) is 29.2 Å². The molecule has 2 N–H and O–H groups in total. The van der Waals surface area contributed by atoms with E-state index in [9.17, 15) is 4.79 Å². The van der Waals surface area contributed by atoms with Crippen LogP contribution in [-0.2, 0) is 11.2 Å². The van der Waals surface area contributed by atoms with Gasteiger partial charge in [-0.3, -0.25) is 9.69 Å². The number of piperazine rings is 1. The lowest BCUT2D eigenvalue weighted by molar-refractivity contribution is -0.134. The Morgan fingerprint density at radius 3 is 2.23 bits per heavy atom. The molecule has 1 fully saturated rings. The molecule has 1 amide bonds. The maximum absolute atomic E-state index is 12.6. The van der Waals surface area contributed by atoms with Gasteiger partial charge in [0.25, 0.3) is 0 Å². The van der Waals surface area contributed by atoms with E-state index in [1.807, 2.05) is 53.4 Å². The zero-order chi connectivity index (χ0) is 18.2. The van der Waals surface area contributed by atoms with Gasteiger partial charge in [-0.2, -0.15) is 0 Å². The Balaban J connectivity index is 1.42. The number of nitrogens with zero attached hydrogens (tertiary/aromatic N) is 2. The smallest absolute Gasteiger partial charge is 0.239 e. The highest BCUT2D eigenvalue weighted by atomic mass is 16.2. The molecule has 0 radical (unpaired) electrons. The Morgan fingerprint density at radius 2 is 1.58 bits per heavy atom. The minimum atomic E-state index is -0.457. The van der Waals surface area contributed by atoms with Gasteiger partial charge in [0, 0.05) is 32.7 Å². The van der Waals surface area contributed by atoms with Gasteiger partial charge in [-0.1, -0.05) is 72.8 Å². The van der Waals surface area contributed by atoms with E-state index in [0.717, 1.165) is 38.3 Å². The Labute approximate surface area is 155 Å². The first kappa shape index (κ1) is 18.4. The molecule has 0 unspecified atom stereocenters. The van der Waals surface area contributed by atoms with Crippen LogP contribution in [-0.4, -0.2) is 54.5 Å². The van der Waals surface area contributed by atoms with Crippen molar-refractivity contribution < 1.29 is 4.79 Å². The second-order valence-corrected chi connectivity index (χ2v) is 6.74. The van der Waals surface area contributed by atoms with Gasteiger partial charge in [-0.25, -0.2) is 0 Å². The first-order valence-corrected chi connectivity index (χ1v) is 9.24. The van der Waals surface area contributed by atoms with Gasteiger partial charge in [-0.05, 0) is 17.5 Å². The van der Waals surface area contributed by atoms with Crippen molar-refractivity contribution in [1.29, 1.82) is 0 Å². The normalized spacial score (nSPS) is 16.7. The topological polar surface area (TPSA) is 49.6 Å². The quantitative estimate of drug-likeness (QED) is 0.871. The van der Waals surface area contributed by atoms with Crippen LogP contribution in [0.4, 0.5) is 0 Å². The predicted octanol–water partition coefficient (Wildman–Crippen LogP) is 2.41. The van der Waals surface area contributed by atoms with Gasteiger partial charge in [0.2, 0.25) is 5.91 Å². The average Bonchev–Trinajstić information content (AvgIpc) is 2.69. The standard InChI is InChI=1S/C22H27N3O/c23-21(18-20-10-5-2-6-11-20)22(26)25-16-14-24(15-17-25)13-7-12-19-8-3-1-4-9-19/h1-12,21H,13-18,23H2/b12-7+/t21-/m0/s1. The van der Waals surface area contributed by atoms with Crippen LogP contribution < -0.4 is 5.73 Å². The van der Waals surface area contributed by atoms with Crippen LogP contribution in [0.25, 0.3) is 6.08 Å². The number of amides is 1. The molecule has 2 aromatic carbocycles. The molecular formula is C22H27N3O. The third kappa shape index (κ3) is 5.28. The number of nitrogens with two attached hydrogens (primary N) is 1. The second-order valence-electron chi connectivity index (χ2n) is 6.74. The third-order valence-corrected chi connectivity index (χ3v) is 4.77. The van der Waals surface area contributed by atoms with E-state index < -0.39 is 6.04 Å². The summed E-state index contributed by atoms with van der Waals surface area (Å²) in [7, 11) is 0. The number of carbonyl (C=O) groups excluding carboxylic acids is 1. The summed E-state index contributed by atoms with van der Waals surface area (Å²) in [5.41, 5.74) is 8.47. The van der Waals surface area contributed by atoms with Crippen LogP contribution in [0.1, 0.15) is 11.1 Å². The third-order valence-electron chi connectivity index (χ3n) is 4.77. The van der Waals surface area contributed by atoms with Crippen molar-refractivity contribution >= 4 is 12.0 Å². The molecule has 136 valence electrons. The summed E-state index contributed by atoms with van der Waals surface area (Å²) in [5, 5.41) is 0. The maximum atomic E-state index is 12.6. The van der Waals surface area contributed by atoms with Crippen molar-refractivity contribution in [3.63, 3.8) is 0 Å². The van der Waals surface area contributed by atoms with Crippen LogP contribution in [0.2, 0.25) is 0 Å². The molecule has 2 aromatic rings. The van der Waals surface area contributed by atoms with Crippen molar-refractivity contribution in [1.82, 2.24) is 9.80 Å². The predicted molar refractivity (Wildman–Crippen MR) is 107 cm³/mol. The van der Waals surface area contributed by atoms with E-state index in [-0.39, 0.29) is 5.91 Å². The van der Waals surface area contributed by atoms with E-state index in [4.69, 9.17) is 5.73 Å². The highest BCUT2D eigenvalue weighted by Gasteiger charge is 2.24. The second kappa shape index (κ2) is 9.32. The van der Waals surface area contributed by atoms with Gasteiger partial charge in [0.1, 0.15) is 0 Å². The fourth-order valence-electron chi connectivity index (χ4n) is 3.24. The maximum Gasteiger partial charge on any atom is 0.239 e. The van der Waals surface area contributed by atoms with E-state index >= 15 is 0 Å². The Bertz CT molecular complexity index is 707. The van der Waals surface area contributed by atoms with Crippen molar-refractivity contribution in [2.75, 3.05) is 32.7 Å². The first-order chi connectivity index (χ1) is 12.7. The SMILES string of the molecule is N[C@@H](Cc1ccccc1)C(=O)N1CCN(C/C=C/c2ccccc2)CC1. The lowest BCUT2D eigenvalue weighted by Gasteiger charge is -2.35.